The van der Waals surface area contributed by atoms with E-state index in [0.29, 0.717) is 5.38 Å². The molecule has 1 fully saturated rings. The highest BCUT2D eigenvalue weighted by Gasteiger charge is 2.27. The fraction of sp³-hybridized carbons (Fsp3) is 0.700. The largest absolute Gasteiger partial charge is 0.299 e. The maximum Gasteiger partial charge on any atom is 0.107 e. The fourth-order valence-electron chi connectivity index (χ4n) is 1.87. The predicted octanol–water partition coefficient (Wildman–Crippen LogP) is 2.59. The second-order valence-corrected chi connectivity index (χ2v) is 5.65. The molecule has 1 aliphatic carbocycles. The zero-order chi connectivity index (χ0) is 9.97. The highest BCUT2D eigenvalue weighted by molar-refractivity contribution is 7.09. The van der Waals surface area contributed by atoms with Crippen molar-refractivity contribution in [3.8, 4) is 0 Å². The summed E-state index contributed by atoms with van der Waals surface area (Å²) in [6.45, 7) is 2.13. The summed E-state index contributed by atoms with van der Waals surface area (Å²) in [6.07, 6.45) is 4.24. The Morgan fingerprint density at radius 3 is 3.00 bits per heavy atom. The van der Waals surface area contributed by atoms with Crippen molar-refractivity contribution in [2.24, 2.45) is 5.92 Å². The lowest BCUT2D eigenvalue weighted by molar-refractivity contribution is 0.204. The molecule has 1 aromatic rings. The Morgan fingerprint density at radius 1 is 1.64 bits per heavy atom. The average Bonchev–Trinajstić information content (AvgIpc) is 2.54. The van der Waals surface area contributed by atoms with E-state index in [1.807, 2.05) is 11.6 Å². The van der Waals surface area contributed by atoms with E-state index in [9.17, 15) is 0 Å². The van der Waals surface area contributed by atoms with Crippen LogP contribution in [0.25, 0.3) is 0 Å². The van der Waals surface area contributed by atoms with Gasteiger partial charge in [-0.05, 0) is 25.8 Å². The Hall–Kier alpha value is -0.120. The van der Waals surface area contributed by atoms with Crippen molar-refractivity contribution >= 4 is 22.9 Å². The molecule has 0 spiro atoms. The quantitative estimate of drug-likeness (QED) is 0.740. The van der Waals surface area contributed by atoms with Crippen LogP contribution in [0.4, 0.5) is 0 Å². The van der Waals surface area contributed by atoms with Gasteiger partial charge in [-0.3, -0.25) is 4.90 Å². The third kappa shape index (κ3) is 2.69. The minimum absolute atomic E-state index is 0.438. The van der Waals surface area contributed by atoms with E-state index in [1.165, 1.54) is 17.8 Å². The maximum atomic E-state index is 5.94. The number of aromatic nitrogens is 1. The van der Waals surface area contributed by atoms with Crippen LogP contribution < -0.4 is 0 Å². The summed E-state index contributed by atoms with van der Waals surface area (Å²) >= 11 is 7.67. The number of hydrogen-bond donors (Lipinski definition) is 0. The van der Waals surface area contributed by atoms with Crippen LogP contribution in [-0.2, 0) is 6.54 Å². The molecule has 0 bridgehead atoms. The van der Waals surface area contributed by atoms with E-state index in [2.05, 4.69) is 16.9 Å². The van der Waals surface area contributed by atoms with E-state index in [-0.39, 0.29) is 0 Å². The first-order chi connectivity index (χ1) is 6.74. The van der Waals surface area contributed by atoms with Crippen molar-refractivity contribution in [2.75, 3.05) is 13.6 Å². The molecule has 1 aliphatic rings. The molecule has 0 aromatic carbocycles. The lowest BCUT2D eigenvalue weighted by atomic mass is 9.84. The van der Waals surface area contributed by atoms with Gasteiger partial charge in [-0.15, -0.1) is 22.9 Å². The number of rotatable bonds is 4. The molecule has 0 atom stereocenters. The van der Waals surface area contributed by atoms with Gasteiger partial charge in [-0.25, -0.2) is 4.98 Å². The van der Waals surface area contributed by atoms with Crippen molar-refractivity contribution in [2.45, 2.75) is 24.8 Å². The van der Waals surface area contributed by atoms with E-state index in [1.54, 1.807) is 11.3 Å². The molecule has 0 radical (unpaired) electrons. The number of hydrogen-bond acceptors (Lipinski definition) is 3. The van der Waals surface area contributed by atoms with Crippen LogP contribution in [-0.4, -0.2) is 28.9 Å². The summed E-state index contributed by atoms with van der Waals surface area (Å²) in [5.74, 6) is 0.808. The normalized spacial score (nSPS) is 26.5. The van der Waals surface area contributed by atoms with Crippen LogP contribution in [0.1, 0.15) is 17.8 Å². The molecule has 1 heterocycles. The molecule has 14 heavy (non-hydrogen) atoms. The molecule has 0 amide bonds. The van der Waals surface area contributed by atoms with E-state index >= 15 is 0 Å². The summed E-state index contributed by atoms with van der Waals surface area (Å²) in [5.41, 5.74) is 0. The second-order valence-electron chi connectivity index (χ2n) is 4.06. The van der Waals surface area contributed by atoms with Gasteiger partial charge in [0, 0.05) is 23.5 Å². The van der Waals surface area contributed by atoms with Crippen molar-refractivity contribution < 1.29 is 0 Å². The van der Waals surface area contributed by atoms with Gasteiger partial charge in [0.1, 0.15) is 5.01 Å². The molecular formula is C10H15ClN2S. The van der Waals surface area contributed by atoms with Crippen LogP contribution in [0, 0.1) is 5.92 Å². The van der Waals surface area contributed by atoms with Gasteiger partial charge in [-0.2, -0.15) is 0 Å². The average molecular weight is 231 g/mol. The number of thiazole rings is 1. The Morgan fingerprint density at radius 2 is 2.43 bits per heavy atom. The molecule has 0 saturated heterocycles. The minimum Gasteiger partial charge on any atom is -0.299 e. The minimum atomic E-state index is 0.438. The third-order valence-electron chi connectivity index (χ3n) is 2.64. The second kappa shape index (κ2) is 4.60. The molecule has 2 rings (SSSR count). The molecule has 1 aromatic heterocycles. The molecule has 1 saturated carbocycles. The highest BCUT2D eigenvalue weighted by atomic mass is 35.5. The molecule has 2 nitrogen and oxygen atoms in total. The molecule has 0 N–H and O–H groups in total. The molecule has 78 valence electrons. The SMILES string of the molecule is CN(Cc1nccs1)CC1CC(Cl)C1. The predicted molar refractivity (Wildman–Crippen MR) is 60.8 cm³/mol. The van der Waals surface area contributed by atoms with Crippen LogP contribution in [0.3, 0.4) is 0 Å². The summed E-state index contributed by atoms with van der Waals surface area (Å²) in [6, 6.07) is 0. The van der Waals surface area contributed by atoms with Gasteiger partial charge in [0.2, 0.25) is 0 Å². The standard InChI is InChI=1S/C10H15ClN2S/c1-13(6-8-4-9(11)5-8)7-10-12-2-3-14-10/h2-3,8-9H,4-7H2,1H3. The van der Waals surface area contributed by atoms with Crippen molar-refractivity contribution in [3.05, 3.63) is 16.6 Å². The first-order valence-corrected chi connectivity index (χ1v) is 6.26. The van der Waals surface area contributed by atoms with Crippen molar-refractivity contribution in [1.29, 1.82) is 0 Å². The number of alkyl halides is 1. The molecule has 0 aliphatic heterocycles. The highest BCUT2D eigenvalue weighted by Crippen LogP contribution is 2.32. The summed E-state index contributed by atoms with van der Waals surface area (Å²) in [5, 5.41) is 3.67. The topological polar surface area (TPSA) is 16.1 Å². The first-order valence-electron chi connectivity index (χ1n) is 4.95. The number of nitrogens with zero attached hydrogens (tertiary/aromatic N) is 2. The lowest BCUT2D eigenvalue weighted by Gasteiger charge is -2.33. The van der Waals surface area contributed by atoms with E-state index in [0.717, 1.165) is 19.0 Å². The van der Waals surface area contributed by atoms with Crippen molar-refractivity contribution in [1.82, 2.24) is 9.88 Å². The van der Waals surface area contributed by atoms with Gasteiger partial charge < -0.3 is 0 Å². The lowest BCUT2D eigenvalue weighted by Crippen LogP contribution is -2.34. The number of halogens is 1. The fourth-order valence-corrected chi connectivity index (χ4v) is 3.07. The third-order valence-corrected chi connectivity index (χ3v) is 3.76. The van der Waals surface area contributed by atoms with Gasteiger partial charge in [0.05, 0.1) is 6.54 Å². The van der Waals surface area contributed by atoms with Gasteiger partial charge in [0.15, 0.2) is 0 Å². The molecule has 4 heteroatoms. The monoisotopic (exact) mass is 230 g/mol. The Kier molecular flexibility index (Phi) is 3.42. The Labute approximate surface area is 93.9 Å². The van der Waals surface area contributed by atoms with Gasteiger partial charge >= 0.3 is 0 Å². The zero-order valence-corrected chi connectivity index (χ0v) is 9.89. The van der Waals surface area contributed by atoms with Crippen molar-refractivity contribution in [3.63, 3.8) is 0 Å². The van der Waals surface area contributed by atoms with Gasteiger partial charge in [0.25, 0.3) is 0 Å². The molecular weight excluding hydrogens is 216 g/mol. The maximum absolute atomic E-state index is 5.94. The van der Waals surface area contributed by atoms with Crippen LogP contribution in [0.2, 0.25) is 0 Å². The summed E-state index contributed by atoms with van der Waals surface area (Å²) < 4.78 is 0. The summed E-state index contributed by atoms with van der Waals surface area (Å²) in [7, 11) is 2.16. The smallest absolute Gasteiger partial charge is 0.107 e. The summed E-state index contributed by atoms with van der Waals surface area (Å²) in [4.78, 5) is 6.61. The van der Waals surface area contributed by atoms with Crippen LogP contribution in [0.15, 0.2) is 11.6 Å². The van der Waals surface area contributed by atoms with E-state index < -0.39 is 0 Å². The van der Waals surface area contributed by atoms with Crippen LogP contribution >= 0.6 is 22.9 Å². The van der Waals surface area contributed by atoms with Gasteiger partial charge in [-0.1, -0.05) is 0 Å². The first kappa shape index (κ1) is 10.4. The Bertz CT molecular complexity index is 270. The molecule has 0 unspecified atom stereocenters. The van der Waals surface area contributed by atoms with Crippen LogP contribution in [0.5, 0.6) is 0 Å². The van der Waals surface area contributed by atoms with E-state index in [4.69, 9.17) is 11.6 Å². The zero-order valence-electron chi connectivity index (χ0n) is 8.32. The Balaban J connectivity index is 1.71.